The van der Waals surface area contributed by atoms with Gasteiger partial charge < -0.3 is 4.74 Å². The van der Waals surface area contributed by atoms with E-state index in [1.807, 2.05) is 0 Å². The summed E-state index contributed by atoms with van der Waals surface area (Å²) >= 11 is 11.9. The van der Waals surface area contributed by atoms with Crippen LogP contribution in [-0.4, -0.2) is 14.8 Å². The van der Waals surface area contributed by atoms with Crippen molar-refractivity contribution in [2.24, 2.45) is 0 Å². The van der Waals surface area contributed by atoms with Crippen LogP contribution >= 0.6 is 23.2 Å². The molecule has 0 saturated carbocycles. The highest BCUT2D eigenvalue weighted by Crippen LogP contribution is 2.31. The second-order valence-corrected chi connectivity index (χ2v) is 5.40. The van der Waals surface area contributed by atoms with Gasteiger partial charge >= 0.3 is 0 Å². The van der Waals surface area contributed by atoms with E-state index >= 15 is 0 Å². The molecule has 1 aromatic heterocycles. The first-order valence-electron chi connectivity index (χ1n) is 6.57. The van der Waals surface area contributed by atoms with Crippen LogP contribution in [0, 0.1) is 0 Å². The summed E-state index contributed by atoms with van der Waals surface area (Å²) in [4.78, 5) is 3.69. The molecule has 2 aromatic carbocycles. The normalized spacial score (nSPS) is 11.5. The molecule has 3 rings (SSSR count). The molecule has 3 aromatic rings. The van der Waals surface area contributed by atoms with E-state index < -0.39 is 5.95 Å². The van der Waals surface area contributed by atoms with Gasteiger partial charge in [-0.1, -0.05) is 35.3 Å². The van der Waals surface area contributed by atoms with Crippen LogP contribution < -0.4 is 4.74 Å². The number of halogens is 3. The molecular formula is C16H10Cl2FN3O. The van der Waals surface area contributed by atoms with Gasteiger partial charge in [-0.3, -0.25) is 0 Å². The third kappa shape index (κ3) is 3.88. The number of hydrogen-bond acceptors (Lipinski definition) is 3. The predicted molar refractivity (Wildman–Crippen MR) is 88.3 cm³/mol. The van der Waals surface area contributed by atoms with Crippen molar-refractivity contribution < 1.29 is 9.13 Å². The molecule has 0 bridgehead atoms. The molecule has 23 heavy (non-hydrogen) atoms. The fraction of sp³-hybridized carbons (Fsp3) is 0. The van der Waals surface area contributed by atoms with Gasteiger partial charge in [0.05, 0.1) is 5.02 Å². The maximum Gasteiger partial charge on any atom is 0.216 e. The number of hydrogen-bond donors (Lipinski definition) is 0. The first-order valence-corrected chi connectivity index (χ1v) is 7.32. The van der Waals surface area contributed by atoms with Gasteiger partial charge in [0.1, 0.15) is 24.2 Å². The Balaban J connectivity index is 1.76. The zero-order valence-corrected chi connectivity index (χ0v) is 13.2. The lowest BCUT2D eigenvalue weighted by molar-refractivity contribution is 0.483. The Labute approximate surface area is 141 Å². The van der Waals surface area contributed by atoms with Crippen LogP contribution in [-0.2, 0) is 0 Å². The summed E-state index contributed by atoms with van der Waals surface area (Å²) in [5, 5.41) is 4.66. The number of ether oxygens (including phenoxy) is 1. The molecule has 0 aliphatic rings. The van der Waals surface area contributed by atoms with Crippen LogP contribution in [0.4, 0.5) is 4.39 Å². The summed E-state index contributed by atoms with van der Waals surface area (Å²) in [5.74, 6) is 0.539. The molecule has 4 nitrogen and oxygen atoms in total. The minimum absolute atomic E-state index is 0.415. The van der Waals surface area contributed by atoms with Gasteiger partial charge in [0.2, 0.25) is 5.95 Å². The Morgan fingerprint density at radius 1 is 1.13 bits per heavy atom. The molecule has 0 unspecified atom stereocenters. The van der Waals surface area contributed by atoms with Crippen LogP contribution in [0.3, 0.4) is 0 Å². The lowest BCUT2D eigenvalue weighted by Crippen LogP contribution is -1.92. The second-order valence-electron chi connectivity index (χ2n) is 4.55. The standard InChI is InChI=1S/C16H10Cl2FN3O/c17-12-3-6-15(14(18)8-12)23-13-4-1-11(2-5-13)7-16(19)22-10-20-9-21-22/h1-10H/b16-7+. The van der Waals surface area contributed by atoms with E-state index in [1.54, 1.807) is 42.5 Å². The summed E-state index contributed by atoms with van der Waals surface area (Å²) in [7, 11) is 0. The Hall–Kier alpha value is -2.37. The van der Waals surface area contributed by atoms with Gasteiger partial charge in [0, 0.05) is 11.1 Å². The first kappa shape index (κ1) is 15.5. The van der Waals surface area contributed by atoms with Crippen molar-refractivity contribution in [2.45, 2.75) is 0 Å². The molecule has 7 heteroatoms. The zero-order chi connectivity index (χ0) is 16.2. The predicted octanol–water partition coefficient (Wildman–Crippen LogP) is 5.30. The van der Waals surface area contributed by atoms with E-state index in [-0.39, 0.29) is 0 Å². The summed E-state index contributed by atoms with van der Waals surface area (Å²) in [6.07, 6.45) is 3.89. The highest BCUT2D eigenvalue weighted by atomic mass is 35.5. The van der Waals surface area contributed by atoms with E-state index in [9.17, 15) is 4.39 Å². The average molecular weight is 350 g/mol. The molecular weight excluding hydrogens is 340 g/mol. The Morgan fingerprint density at radius 3 is 2.57 bits per heavy atom. The van der Waals surface area contributed by atoms with Crippen LogP contribution in [0.2, 0.25) is 10.0 Å². The van der Waals surface area contributed by atoms with Crippen molar-refractivity contribution in [1.82, 2.24) is 14.8 Å². The lowest BCUT2D eigenvalue weighted by atomic mass is 10.2. The van der Waals surface area contributed by atoms with Crippen molar-refractivity contribution in [3.8, 4) is 11.5 Å². The van der Waals surface area contributed by atoms with Gasteiger partial charge in [0.15, 0.2) is 0 Å². The summed E-state index contributed by atoms with van der Waals surface area (Å²) < 4.78 is 20.6. The van der Waals surface area contributed by atoms with Crippen molar-refractivity contribution in [2.75, 3.05) is 0 Å². The molecule has 0 atom stereocenters. The zero-order valence-electron chi connectivity index (χ0n) is 11.7. The third-order valence-electron chi connectivity index (χ3n) is 2.93. The minimum atomic E-state index is -0.531. The van der Waals surface area contributed by atoms with Crippen molar-refractivity contribution >= 4 is 35.2 Å². The molecule has 0 fully saturated rings. The van der Waals surface area contributed by atoms with E-state index in [0.29, 0.717) is 27.1 Å². The van der Waals surface area contributed by atoms with Crippen molar-refractivity contribution in [3.63, 3.8) is 0 Å². The van der Waals surface area contributed by atoms with E-state index in [4.69, 9.17) is 27.9 Å². The fourth-order valence-electron chi connectivity index (χ4n) is 1.84. The third-order valence-corrected chi connectivity index (χ3v) is 3.46. The highest BCUT2D eigenvalue weighted by Gasteiger charge is 2.04. The maximum absolute atomic E-state index is 13.9. The number of benzene rings is 2. The molecule has 0 amide bonds. The SMILES string of the molecule is F/C(=C\c1ccc(Oc2ccc(Cl)cc2Cl)cc1)n1cncn1. The molecule has 0 saturated heterocycles. The fourth-order valence-corrected chi connectivity index (χ4v) is 2.29. The molecule has 0 spiro atoms. The molecule has 1 heterocycles. The van der Waals surface area contributed by atoms with Gasteiger partial charge in [-0.2, -0.15) is 14.2 Å². The monoisotopic (exact) mass is 349 g/mol. The largest absolute Gasteiger partial charge is 0.456 e. The summed E-state index contributed by atoms with van der Waals surface area (Å²) in [5.41, 5.74) is 0.660. The van der Waals surface area contributed by atoms with Crippen LogP contribution in [0.5, 0.6) is 11.5 Å². The molecule has 0 N–H and O–H groups in total. The Morgan fingerprint density at radius 2 is 1.91 bits per heavy atom. The quantitative estimate of drug-likeness (QED) is 0.641. The summed E-state index contributed by atoms with van der Waals surface area (Å²) in [6.45, 7) is 0. The first-order chi connectivity index (χ1) is 11.1. The summed E-state index contributed by atoms with van der Waals surface area (Å²) in [6, 6.07) is 11.8. The van der Waals surface area contributed by atoms with Crippen LogP contribution in [0.15, 0.2) is 55.1 Å². The van der Waals surface area contributed by atoms with Gasteiger partial charge in [-0.25, -0.2) is 4.98 Å². The van der Waals surface area contributed by atoms with Gasteiger partial charge in [-0.05, 0) is 35.9 Å². The Kier molecular flexibility index (Phi) is 4.60. The molecule has 0 aliphatic carbocycles. The van der Waals surface area contributed by atoms with E-state index in [0.717, 1.165) is 4.68 Å². The molecule has 0 aliphatic heterocycles. The lowest BCUT2D eigenvalue weighted by Gasteiger charge is -2.08. The van der Waals surface area contributed by atoms with Gasteiger partial charge in [0.25, 0.3) is 0 Å². The van der Waals surface area contributed by atoms with Crippen molar-refractivity contribution in [3.05, 3.63) is 70.7 Å². The van der Waals surface area contributed by atoms with Crippen LogP contribution in [0.25, 0.3) is 12.0 Å². The van der Waals surface area contributed by atoms with Crippen LogP contribution in [0.1, 0.15) is 5.56 Å². The highest BCUT2D eigenvalue weighted by molar-refractivity contribution is 6.35. The van der Waals surface area contributed by atoms with E-state index in [1.165, 1.54) is 18.7 Å². The number of rotatable bonds is 4. The second kappa shape index (κ2) is 6.81. The average Bonchev–Trinajstić information content (AvgIpc) is 3.06. The molecule has 0 radical (unpaired) electrons. The van der Waals surface area contributed by atoms with E-state index in [2.05, 4.69) is 10.1 Å². The topological polar surface area (TPSA) is 39.9 Å². The van der Waals surface area contributed by atoms with Crippen molar-refractivity contribution in [1.29, 1.82) is 0 Å². The number of nitrogens with zero attached hydrogens (tertiary/aromatic N) is 3. The smallest absolute Gasteiger partial charge is 0.216 e. The minimum Gasteiger partial charge on any atom is -0.456 e. The number of aromatic nitrogens is 3. The maximum atomic E-state index is 13.9. The molecule has 116 valence electrons. The van der Waals surface area contributed by atoms with Gasteiger partial charge in [-0.15, -0.1) is 0 Å². The Bertz CT molecular complexity index is 833.